The fraction of sp³-hybridized carbons (Fsp3) is 0.320. The third-order valence-electron chi connectivity index (χ3n) is 5.29. The molecule has 2 aromatic carbocycles. The first kappa shape index (κ1) is 22.6. The lowest BCUT2D eigenvalue weighted by molar-refractivity contribution is -0.118. The minimum Gasteiger partial charge on any atom is -0.505 e. The first-order chi connectivity index (χ1) is 15.6. The van der Waals surface area contributed by atoms with Crippen LogP contribution in [0.2, 0.25) is 5.02 Å². The topological polar surface area (TPSA) is 52.8 Å². The molecular formula is C25H22BrClN2O3. The maximum atomic E-state index is 12.2. The van der Waals surface area contributed by atoms with Crippen molar-refractivity contribution in [1.29, 1.82) is 0 Å². The third-order valence-corrected chi connectivity index (χ3v) is 6.20. The number of rotatable bonds is 10. The molecule has 0 unspecified atom stereocenters. The van der Waals surface area contributed by atoms with Gasteiger partial charge in [0.1, 0.15) is 23.0 Å². The van der Waals surface area contributed by atoms with E-state index < -0.39 is 0 Å². The summed E-state index contributed by atoms with van der Waals surface area (Å²) in [5, 5.41) is 2.06. The predicted octanol–water partition coefficient (Wildman–Crippen LogP) is 7.31. The lowest BCUT2D eigenvalue weighted by Crippen LogP contribution is -2.04. The van der Waals surface area contributed by atoms with E-state index >= 15 is 0 Å². The molecular weight excluding hydrogens is 492 g/mol. The van der Waals surface area contributed by atoms with Crippen molar-refractivity contribution in [3.05, 3.63) is 64.6 Å². The first-order valence-electron chi connectivity index (χ1n) is 10.5. The van der Waals surface area contributed by atoms with Crippen molar-refractivity contribution in [3.63, 3.8) is 0 Å². The number of Topliss-reactive ketones (excluding diaryl/α,β-unsaturated/α-hetero) is 1. The summed E-state index contributed by atoms with van der Waals surface area (Å²) in [7, 11) is 0. The van der Waals surface area contributed by atoms with Gasteiger partial charge in [0, 0.05) is 34.8 Å². The van der Waals surface area contributed by atoms with Crippen molar-refractivity contribution < 1.29 is 14.3 Å². The Hall–Kier alpha value is -2.62. The largest absolute Gasteiger partial charge is 0.505 e. The number of nitrogens with zero attached hydrogens (tertiary/aromatic N) is 2. The van der Waals surface area contributed by atoms with Crippen LogP contribution >= 0.6 is 27.5 Å². The van der Waals surface area contributed by atoms with Gasteiger partial charge in [0.25, 0.3) is 0 Å². The number of carbonyl (C=O) groups excluding carboxylic acids is 1. The fourth-order valence-corrected chi connectivity index (χ4v) is 3.92. The molecule has 0 bridgehead atoms. The Morgan fingerprint density at radius 1 is 1.22 bits per heavy atom. The van der Waals surface area contributed by atoms with Gasteiger partial charge in [0.05, 0.1) is 18.7 Å². The second-order valence-electron chi connectivity index (χ2n) is 7.87. The quantitative estimate of drug-likeness (QED) is 0.162. The minimum atomic E-state index is 0.226. The van der Waals surface area contributed by atoms with Crippen LogP contribution in [0.3, 0.4) is 0 Å². The summed E-state index contributed by atoms with van der Waals surface area (Å²) in [5.74, 6) is 2.44. The molecule has 1 aliphatic carbocycles. The van der Waals surface area contributed by atoms with Crippen LogP contribution < -0.4 is 9.47 Å². The predicted molar refractivity (Wildman–Crippen MR) is 129 cm³/mol. The normalized spacial score (nSPS) is 13.0. The average molecular weight is 514 g/mol. The molecule has 32 heavy (non-hydrogen) atoms. The van der Waals surface area contributed by atoms with Crippen molar-refractivity contribution in [2.24, 2.45) is 5.92 Å². The summed E-state index contributed by atoms with van der Waals surface area (Å²) < 4.78 is 11.8. The van der Waals surface area contributed by atoms with Crippen LogP contribution in [0.5, 0.6) is 17.2 Å². The summed E-state index contributed by atoms with van der Waals surface area (Å²) in [6.07, 6.45) is 5.80. The highest BCUT2D eigenvalue weighted by atomic mass is 79.9. The van der Waals surface area contributed by atoms with Crippen LogP contribution in [0.25, 0.3) is 15.7 Å². The Kier molecular flexibility index (Phi) is 7.29. The molecule has 4 rings (SSSR count). The van der Waals surface area contributed by atoms with E-state index in [-0.39, 0.29) is 5.78 Å². The van der Waals surface area contributed by atoms with Gasteiger partial charge in [-0.3, -0.25) is 9.78 Å². The summed E-state index contributed by atoms with van der Waals surface area (Å²) in [4.78, 5) is 20.2. The molecule has 0 atom stereocenters. The molecule has 0 amide bonds. The van der Waals surface area contributed by atoms with Crippen LogP contribution in [-0.2, 0) is 11.2 Å². The van der Waals surface area contributed by atoms with E-state index in [0.717, 1.165) is 30.2 Å². The molecule has 5 nitrogen and oxygen atoms in total. The Morgan fingerprint density at radius 2 is 2.06 bits per heavy atom. The number of alkyl halides is 1. The van der Waals surface area contributed by atoms with E-state index in [1.165, 1.54) is 0 Å². The number of halogens is 2. The molecule has 164 valence electrons. The van der Waals surface area contributed by atoms with E-state index in [4.69, 9.17) is 27.6 Å². The van der Waals surface area contributed by atoms with E-state index in [0.29, 0.717) is 64.2 Å². The number of hydrogen-bond donors (Lipinski definition) is 0. The maximum absolute atomic E-state index is 12.2. The monoisotopic (exact) mass is 512 g/mol. The summed E-state index contributed by atoms with van der Waals surface area (Å²) in [6.45, 7) is 8.03. The maximum Gasteiger partial charge on any atom is 0.229 e. The number of aromatic nitrogens is 1. The van der Waals surface area contributed by atoms with Crippen molar-refractivity contribution in [3.8, 4) is 17.2 Å². The smallest absolute Gasteiger partial charge is 0.229 e. The van der Waals surface area contributed by atoms with Crippen LogP contribution in [0.1, 0.15) is 31.2 Å². The summed E-state index contributed by atoms with van der Waals surface area (Å²) >= 11 is 9.81. The highest BCUT2D eigenvalue weighted by Gasteiger charge is 2.24. The zero-order chi connectivity index (χ0) is 22.5. The molecule has 1 saturated carbocycles. The number of pyridine rings is 1. The number of ketones is 1. The lowest BCUT2D eigenvalue weighted by Gasteiger charge is -2.13. The van der Waals surface area contributed by atoms with E-state index in [1.807, 2.05) is 12.1 Å². The second kappa shape index (κ2) is 10.3. The molecule has 1 fully saturated rings. The highest BCUT2D eigenvalue weighted by molar-refractivity contribution is 9.09. The van der Waals surface area contributed by atoms with Crippen LogP contribution in [0.4, 0.5) is 5.69 Å². The number of benzene rings is 2. The Morgan fingerprint density at radius 3 is 2.78 bits per heavy atom. The number of carbonyl (C=O) groups is 1. The first-order valence-corrected chi connectivity index (χ1v) is 12.0. The van der Waals surface area contributed by atoms with Gasteiger partial charge in [-0.15, -0.1) is 0 Å². The van der Waals surface area contributed by atoms with E-state index in [2.05, 4.69) is 25.8 Å². The van der Waals surface area contributed by atoms with Crippen molar-refractivity contribution in [1.82, 2.24) is 4.98 Å². The molecule has 0 N–H and O–H groups in total. The number of fused-ring (bicyclic) bond motifs is 1. The molecule has 0 saturated heterocycles. The van der Waals surface area contributed by atoms with E-state index in [1.54, 1.807) is 30.5 Å². The zero-order valence-corrected chi connectivity index (χ0v) is 19.8. The Labute approximate surface area is 200 Å². The molecule has 0 spiro atoms. The Balaban J connectivity index is 1.55. The van der Waals surface area contributed by atoms with Gasteiger partial charge in [-0.05, 0) is 61.1 Å². The summed E-state index contributed by atoms with van der Waals surface area (Å²) in [5.41, 5.74) is 1.90. The van der Waals surface area contributed by atoms with Crippen molar-refractivity contribution in [2.75, 3.05) is 11.9 Å². The van der Waals surface area contributed by atoms with Crippen molar-refractivity contribution >= 4 is 49.9 Å². The summed E-state index contributed by atoms with van der Waals surface area (Å²) in [6, 6.07) is 10.6. The minimum absolute atomic E-state index is 0.226. The van der Waals surface area contributed by atoms with Crippen molar-refractivity contribution in [2.45, 2.75) is 32.1 Å². The SMILES string of the molecule is [C-]#[N+]c1cc2c(Oc3ccc(CC(=O)CC4CC4)c(Cl)c3)ccnc2cc1OCCCBr. The van der Waals surface area contributed by atoms with Crippen LogP contribution in [0.15, 0.2) is 42.6 Å². The number of ether oxygens (including phenoxy) is 2. The Bertz CT molecular complexity index is 1190. The highest BCUT2D eigenvalue weighted by Crippen LogP contribution is 2.38. The number of hydrogen-bond acceptors (Lipinski definition) is 4. The zero-order valence-electron chi connectivity index (χ0n) is 17.4. The third kappa shape index (κ3) is 5.59. The molecule has 0 radical (unpaired) electrons. The molecule has 1 aromatic heterocycles. The molecule has 1 aliphatic rings. The standard InChI is InChI=1S/C25H22BrClN2O3/c1-28-23-14-20-22(15-25(23)31-10-2-8-26)29-9-7-24(20)32-19-6-5-17(21(27)13-19)12-18(30)11-16-3-4-16/h5-7,9,13-16H,2-4,8,10-12H2. The van der Waals surface area contributed by atoms with Gasteiger partial charge in [-0.1, -0.05) is 33.6 Å². The molecule has 3 aromatic rings. The van der Waals surface area contributed by atoms with E-state index in [9.17, 15) is 4.79 Å². The molecule has 0 aliphatic heterocycles. The molecule has 1 heterocycles. The van der Waals surface area contributed by atoms with Gasteiger partial charge in [-0.25, -0.2) is 4.85 Å². The lowest BCUT2D eigenvalue weighted by atomic mass is 10.0. The fourth-order valence-electron chi connectivity index (χ4n) is 3.46. The second-order valence-corrected chi connectivity index (χ2v) is 9.07. The van der Waals surface area contributed by atoms with Crippen LogP contribution in [-0.4, -0.2) is 22.7 Å². The van der Waals surface area contributed by atoms with Gasteiger partial charge in [-0.2, -0.15) is 0 Å². The van der Waals surface area contributed by atoms with Gasteiger partial charge < -0.3 is 9.47 Å². The van der Waals surface area contributed by atoms with Gasteiger partial charge in [0.2, 0.25) is 5.69 Å². The van der Waals surface area contributed by atoms with Gasteiger partial charge >= 0.3 is 0 Å². The van der Waals surface area contributed by atoms with Gasteiger partial charge in [0.15, 0.2) is 0 Å². The average Bonchev–Trinajstić information content (AvgIpc) is 3.59. The van der Waals surface area contributed by atoms with Crippen LogP contribution in [0, 0.1) is 12.5 Å². The molecule has 7 heteroatoms.